The Morgan fingerprint density at radius 2 is 1.95 bits per heavy atom. The van der Waals surface area contributed by atoms with Crippen molar-refractivity contribution in [1.82, 2.24) is 5.32 Å². The lowest BCUT2D eigenvalue weighted by Crippen LogP contribution is -2.27. The van der Waals surface area contributed by atoms with Crippen LogP contribution in [0.4, 0.5) is 5.69 Å². The second-order valence-electron chi connectivity index (χ2n) is 3.89. The van der Waals surface area contributed by atoms with Crippen molar-refractivity contribution < 1.29 is 9.21 Å². The Labute approximate surface area is 120 Å². The van der Waals surface area contributed by atoms with Crippen LogP contribution in [0, 0.1) is 0 Å². The molecule has 2 N–H and O–H groups in total. The second kappa shape index (κ2) is 6.61. The molecule has 1 aromatic heterocycles. The molecule has 0 unspecified atom stereocenters. The van der Waals surface area contributed by atoms with Crippen LogP contribution in [0.2, 0.25) is 10.0 Å². The van der Waals surface area contributed by atoms with E-state index in [1.807, 2.05) is 6.07 Å². The van der Waals surface area contributed by atoms with Crippen molar-refractivity contribution in [2.24, 2.45) is 0 Å². The number of nitrogens with one attached hydrogen (secondary N) is 2. The van der Waals surface area contributed by atoms with Crippen LogP contribution in [0.1, 0.15) is 5.76 Å². The zero-order chi connectivity index (χ0) is 13.7. The molecule has 0 spiro atoms. The predicted molar refractivity (Wildman–Crippen MR) is 75.5 cm³/mol. The summed E-state index contributed by atoms with van der Waals surface area (Å²) >= 11 is 11.7. The largest absolute Gasteiger partial charge is 0.468 e. The Hall–Kier alpha value is -1.49. The lowest BCUT2D eigenvalue weighted by atomic mass is 10.3. The molecule has 0 saturated carbocycles. The fraction of sp³-hybridized carbons (Fsp3) is 0.154. The molecule has 4 nitrogen and oxygen atoms in total. The van der Waals surface area contributed by atoms with Crippen molar-refractivity contribution >= 4 is 34.8 Å². The fourth-order valence-corrected chi connectivity index (χ4v) is 2.07. The average molecular weight is 299 g/mol. The molecule has 2 aromatic rings. The highest BCUT2D eigenvalue weighted by molar-refractivity contribution is 6.35. The number of furan rings is 1. The zero-order valence-electron chi connectivity index (χ0n) is 9.95. The third-order valence-electron chi connectivity index (χ3n) is 2.31. The van der Waals surface area contributed by atoms with Crippen LogP contribution in [-0.4, -0.2) is 12.5 Å². The van der Waals surface area contributed by atoms with E-state index in [9.17, 15) is 4.79 Å². The minimum Gasteiger partial charge on any atom is -0.468 e. The fourth-order valence-electron chi connectivity index (χ4n) is 1.54. The van der Waals surface area contributed by atoms with Crippen molar-refractivity contribution in [3.05, 3.63) is 52.4 Å². The lowest BCUT2D eigenvalue weighted by molar-refractivity contribution is -0.115. The monoisotopic (exact) mass is 298 g/mol. The number of anilines is 1. The number of benzene rings is 1. The van der Waals surface area contributed by atoms with Gasteiger partial charge in [0.25, 0.3) is 0 Å². The van der Waals surface area contributed by atoms with Gasteiger partial charge in [0.2, 0.25) is 5.91 Å². The number of carbonyl (C=O) groups excluding carboxylic acids is 1. The molecule has 2 rings (SSSR count). The van der Waals surface area contributed by atoms with Crippen molar-refractivity contribution in [2.45, 2.75) is 6.54 Å². The van der Waals surface area contributed by atoms with Crippen LogP contribution < -0.4 is 10.6 Å². The van der Waals surface area contributed by atoms with Gasteiger partial charge in [0, 0.05) is 15.7 Å². The van der Waals surface area contributed by atoms with Gasteiger partial charge in [-0.1, -0.05) is 23.2 Å². The molecule has 0 fully saturated rings. The molecule has 0 bridgehead atoms. The highest BCUT2D eigenvalue weighted by Crippen LogP contribution is 2.22. The average Bonchev–Trinajstić information content (AvgIpc) is 2.80. The molecule has 0 aliphatic heterocycles. The van der Waals surface area contributed by atoms with Gasteiger partial charge in [-0.3, -0.25) is 4.79 Å². The summed E-state index contributed by atoms with van der Waals surface area (Å²) in [6.07, 6.45) is 1.59. The highest BCUT2D eigenvalue weighted by Gasteiger charge is 2.04. The molecule has 0 aliphatic rings. The summed E-state index contributed by atoms with van der Waals surface area (Å²) in [5.41, 5.74) is 0.572. The van der Waals surface area contributed by atoms with Crippen LogP contribution in [-0.2, 0) is 11.3 Å². The van der Waals surface area contributed by atoms with E-state index in [2.05, 4.69) is 10.6 Å². The van der Waals surface area contributed by atoms with Gasteiger partial charge in [-0.15, -0.1) is 0 Å². The molecular weight excluding hydrogens is 287 g/mol. The maximum atomic E-state index is 11.7. The maximum Gasteiger partial charge on any atom is 0.238 e. The molecule has 1 aromatic carbocycles. The van der Waals surface area contributed by atoms with Crippen molar-refractivity contribution in [2.75, 3.05) is 11.9 Å². The molecule has 0 saturated heterocycles. The van der Waals surface area contributed by atoms with Gasteiger partial charge < -0.3 is 15.1 Å². The number of rotatable bonds is 5. The molecule has 19 heavy (non-hydrogen) atoms. The first-order valence-corrected chi connectivity index (χ1v) is 6.38. The van der Waals surface area contributed by atoms with E-state index < -0.39 is 0 Å². The van der Waals surface area contributed by atoms with Crippen molar-refractivity contribution in [3.63, 3.8) is 0 Å². The van der Waals surface area contributed by atoms with E-state index in [4.69, 9.17) is 27.6 Å². The van der Waals surface area contributed by atoms with Gasteiger partial charge in [0.05, 0.1) is 19.4 Å². The van der Waals surface area contributed by atoms with Gasteiger partial charge in [-0.2, -0.15) is 0 Å². The van der Waals surface area contributed by atoms with E-state index in [0.717, 1.165) is 5.76 Å². The molecule has 0 radical (unpaired) electrons. The van der Waals surface area contributed by atoms with Crippen LogP contribution >= 0.6 is 23.2 Å². The summed E-state index contributed by atoms with van der Waals surface area (Å²) in [6.45, 7) is 0.668. The Morgan fingerprint density at radius 1 is 1.21 bits per heavy atom. The molecule has 1 heterocycles. The van der Waals surface area contributed by atoms with Crippen LogP contribution in [0.5, 0.6) is 0 Å². The quantitative estimate of drug-likeness (QED) is 0.890. The lowest BCUT2D eigenvalue weighted by Gasteiger charge is -2.07. The van der Waals surface area contributed by atoms with Crippen molar-refractivity contribution in [1.29, 1.82) is 0 Å². The molecule has 0 aliphatic carbocycles. The zero-order valence-corrected chi connectivity index (χ0v) is 11.5. The Balaban J connectivity index is 1.80. The summed E-state index contributed by atoms with van der Waals surface area (Å²) in [5, 5.41) is 6.62. The number of halogens is 2. The summed E-state index contributed by atoms with van der Waals surface area (Å²) in [7, 11) is 0. The van der Waals surface area contributed by atoms with E-state index in [1.54, 1.807) is 30.5 Å². The summed E-state index contributed by atoms with van der Waals surface area (Å²) in [4.78, 5) is 11.7. The third-order valence-corrected chi connectivity index (χ3v) is 2.75. The highest BCUT2D eigenvalue weighted by atomic mass is 35.5. The predicted octanol–water partition coefficient (Wildman–Crippen LogP) is 3.31. The van der Waals surface area contributed by atoms with Crippen LogP contribution in [0.3, 0.4) is 0 Å². The first kappa shape index (κ1) is 13.9. The SMILES string of the molecule is O=C(CNCc1ccco1)Nc1cc(Cl)cc(Cl)c1. The van der Waals surface area contributed by atoms with E-state index in [1.165, 1.54) is 0 Å². The number of hydrogen-bond donors (Lipinski definition) is 2. The van der Waals surface area contributed by atoms with Gasteiger partial charge >= 0.3 is 0 Å². The van der Waals surface area contributed by atoms with E-state index in [0.29, 0.717) is 22.3 Å². The number of carbonyl (C=O) groups is 1. The van der Waals surface area contributed by atoms with Gasteiger partial charge in [-0.25, -0.2) is 0 Å². The Bertz CT molecular complexity index is 536. The maximum absolute atomic E-state index is 11.7. The minimum atomic E-state index is -0.176. The molecule has 0 atom stereocenters. The normalized spacial score (nSPS) is 10.4. The molecular formula is C13H12Cl2N2O2. The third kappa shape index (κ3) is 4.59. The standard InChI is InChI=1S/C13H12Cl2N2O2/c14-9-4-10(15)6-11(5-9)17-13(18)8-16-7-12-2-1-3-19-12/h1-6,16H,7-8H2,(H,17,18). The molecule has 1 amide bonds. The summed E-state index contributed by atoms with van der Waals surface area (Å²) in [6, 6.07) is 8.51. The minimum absolute atomic E-state index is 0.171. The first-order valence-electron chi connectivity index (χ1n) is 5.62. The van der Waals surface area contributed by atoms with Gasteiger partial charge in [-0.05, 0) is 30.3 Å². The summed E-state index contributed by atoms with van der Waals surface area (Å²) in [5.74, 6) is 0.600. The molecule has 6 heteroatoms. The Morgan fingerprint density at radius 3 is 2.58 bits per heavy atom. The van der Waals surface area contributed by atoms with Gasteiger partial charge in [0.1, 0.15) is 5.76 Å². The second-order valence-corrected chi connectivity index (χ2v) is 4.76. The topological polar surface area (TPSA) is 54.3 Å². The smallest absolute Gasteiger partial charge is 0.238 e. The Kier molecular flexibility index (Phi) is 4.85. The number of hydrogen-bond acceptors (Lipinski definition) is 3. The van der Waals surface area contributed by atoms with E-state index in [-0.39, 0.29) is 12.5 Å². The van der Waals surface area contributed by atoms with E-state index >= 15 is 0 Å². The van der Waals surface area contributed by atoms with Crippen LogP contribution in [0.15, 0.2) is 41.0 Å². The van der Waals surface area contributed by atoms with Gasteiger partial charge in [0.15, 0.2) is 0 Å². The molecule has 100 valence electrons. The van der Waals surface area contributed by atoms with Crippen LogP contribution in [0.25, 0.3) is 0 Å². The summed E-state index contributed by atoms with van der Waals surface area (Å²) < 4.78 is 5.14. The van der Waals surface area contributed by atoms with Crippen molar-refractivity contribution in [3.8, 4) is 0 Å². The number of amides is 1. The first-order chi connectivity index (χ1) is 9.13.